The van der Waals surface area contributed by atoms with E-state index >= 15 is 0 Å². The van der Waals surface area contributed by atoms with Crippen LogP contribution < -0.4 is 5.32 Å². The van der Waals surface area contributed by atoms with Gasteiger partial charge in [0.15, 0.2) is 39.2 Å². The third kappa shape index (κ3) is 20.5. The second-order valence-electron chi connectivity index (χ2n) is 16.9. The molecule has 1 amide bonds. The highest BCUT2D eigenvalue weighted by Gasteiger charge is 2.47. The van der Waals surface area contributed by atoms with E-state index in [0.717, 1.165) is 6.92 Å². The standard InChI is InChI=1S/C37H72NO31P3/c1-20(2)37(60-19-66-72(53,54)63-10-7-58-35-22(4)29(44)31(46)25(13-40)68-35,15-55-17-64-70(49,50)61-9-6-57-34-21(3)28(43)30(45)24(12-39)67-34)16-56-18-65-71(51,52)62-11-8-59-36-27(38-23(5)42)33(48)32(47)26(14-41)69-36/h20-22,24-36,39-41,43-48H,6-19H2,1-5H3,(H,38,42)(H,49,50)(H,51,52)(H,53,54)/t21?,22?,24?,25?,26?,27?,28-,29-,30+,31+,32+,33-,34-,35-,36-,37?/m1/s1. The van der Waals surface area contributed by atoms with Crippen LogP contribution in [0.3, 0.4) is 0 Å². The highest BCUT2D eigenvalue weighted by molar-refractivity contribution is 7.47. The molecule has 3 saturated heterocycles. The summed E-state index contributed by atoms with van der Waals surface area (Å²) in [6.07, 6.45) is -15.9. The number of nitrogens with one attached hydrogen (secondary N) is 1. The highest BCUT2D eigenvalue weighted by Crippen LogP contribution is 2.45. The molecule has 3 rings (SSSR count). The fraction of sp³-hybridized carbons (Fsp3) is 0.973. The van der Waals surface area contributed by atoms with Gasteiger partial charge < -0.3 is 109 Å². The number of aliphatic hydroxyl groups excluding tert-OH is 9. The predicted octanol–water partition coefficient (Wildman–Crippen LogP) is -4.15. The summed E-state index contributed by atoms with van der Waals surface area (Å²) in [5.74, 6) is -2.84. The topological polar surface area (TPSA) is 462 Å². The summed E-state index contributed by atoms with van der Waals surface area (Å²) in [7, 11) is -14.7. The van der Waals surface area contributed by atoms with E-state index in [2.05, 4.69) is 5.32 Å². The summed E-state index contributed by atoms with van der Waals surface area (Å²) in [6, 6.07) is -1.30. The van der Waals surface area contributed by atoms with Gasteiger partial charge >= 0.3 is 23.5 Å². The Morgan fingerprint density at radius 3 is 1.25 bits per heavy atom. The molecular weight excluding hydrogens is 1050 g/mol. The molecule has 3 aliphatic heterocycles. The third-order valence-electron chi connectivity index (χ3n) is 11.4. The molecule has 0 aromatic rings. The average Bonchev–Trinajstić information content (AvgIpc) is 3.32. The first-order valence-electron chi connectivity index (χ1n) is 22.4. The first kappa shape index (κ1) is 65.4. The number of carbonyl (C=O) groups excluding carboxylic acids is 1. The van der Waals surface area contributed by atoms with Gasteiger partial charge in [0.2, 0.25) is 5.91 Å². The van der Waals surface area contributed by atoms with E-state index in [-0.39, 0.29) is 13.2 Å². The summed E-state index contributed by atoms with van der Waals surface area (Å²) in [4.78, 5) is 42.5. The molecule has 426 valence electrons. The van der Waals surface area contributed by atoms with Gasteiger partial charge in [0.05, 0.1) is 84.9 Å². The van der Waals surface area contributed by atoms with Crippen LogP contribution >= 0.6 is 23.5 Å². The molecular formula is C37H72NO31P3. The minimum Gasteiger partial charge on any atom is -0.394 e. The Balaban J connectivity index is 1.57. The lowest BCUT2D eigenvalue weighted by Gasteiger charge is -2.42. The quantitative estimate of drug-likeness (QED) is 0.0165. The second-order valence-corrected chi connectivity index (χ2v) is 21.2. The Morgan fingerprint density at radius 1 is 0.542 bits per heavy atom. The Hall–Kier alpha value is -0.920. The molecule has 0 aromatic carbocycles. The maximum absolute atomic E-state index is 12.8. The van der Waals surface area contributed by atoms with Crippen molar-refractivity contribution in [2.45, 2.75) is 120 Å². The van der Waals surface area contributed by atoms with E-state index in [1.165, 1.54) is 13.8 Å². The van der Waals surface area contributed by atoms with Crippen LogP contribution in [0.1, 0.15) is 34.6 Å². The van der Waals surface area contributed by atoms with Crippen LogP contribution in [0.5, 0.6) is 0 Å². The van der Waals surface area contributed by atoms with E-state index in [1.807, 2.05) is 0 Å². The van der Waals surface area contributed by atoms with Gasteiger partial charge in [-0.2, -0.15) is 0 Å². The lowest BCUT2D eigenvalue weighted by atomic mass is 9.92. The van der Waals surface area contributed by atoms with Gasteiger partial charge in [-0.3, -0.25) is 31.9 Å². The average molecular weight is 1120 g/mol. The predicted molar refractivity (Wildman–Crippen MR) is 233 cm³/mol. The van der Waals surface area contributed by atoms with E-state index < -0.39 is 212 Å². The molecule has 3 aliphatic rings. The van der Waals surface area contributed by atoms with Gasteiger partial charge in [0.1, 0.15) is 54.4 Å². The molecule has 0 spiro atoms. The van der Waals surface area contributed by atoms with Crippen molar-refractivity contribution in [3.63, 3.8) is 0 Å². The Bertz CT molecular complexity index is 1720. The number of rotatable bonds is 34. The Kier molecular flexibility index (Phi) is 28.0. The minimum atomic E-state index is -4.93. The van der Waals surface area contributed by atoms with Gasteiger partial charge in [-0.05, 0) is 5.92 Å². The molecule has 0 aromatic heterocycles. The lowest BCUT2D eigenvalue weighted by Crippen LogP contribution is -2.64. The smallest absolute Gasteiger partial charge is 0.394 e. The molecule has 13 N–H and O–H groups in total. The largest absolute Gasteiger partial charge is 0.474 e. The number of phosphoric acid groups is 3. The number of amides is 1. The monoisotopic (exact) mass is 1120 g/mol. The van der Waals surface area contributed by atoms with E-state index in [0.29, 0.717) is 0 Å². The van der Waals surface area contributed by atoms with E-state index in [1.54, 1.807) is 13.8 Å². The highest BCUT2D eigenvalue weighted by atomic mass is 31.2. The van der Waals surface area contributed by atoms with Gasteiger partial charge in [-0.1, -0.05) is 27.7 Å². The van der Waals surface area contributed by atoms with E-state index in [4.69, 9.17) is 69.8 Å². The summed E-state index contributed by atoms with van der Waals surface area (Å²) < 4.78 is 117. The molecule has 19 atom stereocenters. The van der Waals surface area contributed by atoms with Crippen molar-refractivity contribution in [3.05, 3.63) is 0 Å². The van der Waals surface area contributed by atoms with E-state index in [9.17, 15) is 79.1 Å². The first-order chi connectivity index (χ1) is 33.7. The van der Waals surface area contributed by atoms with Crippen molar-refractivity contribution in [3.8, 4) is 0 Å². The SMILES string of the molecule is CC(=O)NC1[C@H](OCCOP(=O)(O)OCOCC(COCOP(=O)(O)OCCO[C@@H]2OC(CO)[C@H](O)[C@H](O)C2C)(OCOP(=O)(O)OCCO[C@@H]2OC(CO)[C@H](O)[C@H](O)C2C)C(C)C)OC(CO)[C@H](O)[C@@H]1O. The van der Waals surface area contributed by atoms with Crippen LogP contribution in [0.4, 0.5) is 0 Å². The Labute approximate surface area is 413 Å². The van der Waals surface area contributed by atoms with Crippen molar-refractivity contribution < 1.29 is 149 Å². The number of hydrogen-bond acceptors (Lipinski definition) is 28. The van der Waals surface area contributed by atoms with Gasteiger partial charge in [0.25, 0.3) is 0 Å². The normalized spacial score (nSPS) is 34.7. The molecule has 32 nitrogen and oxygen atoms in total. The van der Waals surface area contributed by atoms with Crippen LogP contribution in [0.2, 0.25) is 0 Å². The maximum atomic E-state index is 12.8. The molecule has 0 bridgehead atoms. The summed E-state index contributed by atoms with van der Waals surface area (Å²) in [6.45, 7) is -1.92. The molecule has 0 aliphatic carbocycles. The fourth-order valence-electron chi connectivity index (χ4n) is 6.97. The molecule has 72 heavy (non-hydrogen) atoms. The molecule has 3 heterocycles. The molecule has 0 radical (unpaired) electrons. The van der Waals surface area contributed by atoms with Crippen molar-refractivity contribution >= 4 is 29.4 Å². The third-order valence-corrected chi connectivity index (χ3v) is 14.2. The number of ether oxygens (including phenoxy) is 9. The molecule has 0 saturated carbocycles. The van der Waals surface area contributed by atoms with Crippen LogP contribution in [0, 0.1) is 17.8 Å². The number of hydrogen-bond donors (Lipinski definition) is 13. The van der Waals surface area contributed by atoms with Crippen LogP contribution in [0.15, 0.2) is 0 Å². The van der Waals surface area contributed by atoms with Gasteiger partial charge in [0, 0.05) is 18.8 Å². The van der Waals surface area contributed by atoms with Crippen molar-refractivity contribution in [2.75, 3.05) is 93.1 Å². The minimum absolute atomic E-state index is 0.369. The summed E-state index contributed by atoms with van der Waals surface area (Å²) >= 11 is 0. The van der Waals surface area contributed by atoms with Gasteiger partial charge in [-0.25, -0.2) is 13.7 Å². The van der Waals surface area contributed by atoms with Crippen LogP contribution in [-0.2, 0) is 88.3 Å². The van der Waals surface area contributed by atoms with Crippen molar-refractivity contribution in [1.29, 1.82) is 0 Å². The first-order valence-corrected chi connectivity index (χ1v) is 26.9. The van der Waals surface area contributed by atoms with Crippen molar-refractivity contribution in [1.82, 2.24) is 5.32 Å². The zero-order chi connectivity index (χ0) is 54.0. The number of phosphoric ester groups is 3. The molecule has 35 heteroatoms. The van der Waals surface area contributed by atoms with Crippen LogP contribution in [-0.4, -0.2) is 245 Å². The second kappa shape index (κ2) is 30.9. The number of carbonyl (C=O) groups is 1. The van der Waals surface area contributed by atoms with Crippen LogP contribution in [0.25, 0.3) is 0 Å². The summed E-state index contributed by atoms with van der Waals surface area (Å²) in [5, 5.41) is 91.7. The lowest BCUT2D eigenvalue weighted by molar-refractivity contribution is -0.283. The molecule has 3 fully saturated rings. The maximum Gasteiger partial charge on any atom is 0.474 e. The molecule has 10 unspecified atom stereocenters. The number of aliphatic hydroxyl groups is 9. The van der Waals surface area contributed by atoms with Crippen molar-refractivity contribution in [2.24, 2.45) is 17.8 Å². The zero-order valence-electron chi connectivity index (χ0n) is 40.1. The Morgan fingerprint density at radius 2 is 0.889 bits per heavy atom. The fourth-order valence-corrected chi connectivity index (χ4v) is 8.71. The van der Waals surface area contributed by atoms with Gasteiger partial charge in [-0.15, -0.1) is 0 Å². The summed E-state index contributed by atoms with van der Waals surface area (Å²) in [5.41, 5.74) is -1.75. The zero-order valence-corrected chi connectivity index (χ0v) is 42.8.